The normalized spacial score (nSPS) is 11.3. The Morgan fingerprint density at radius 1 is 1.06 bits per heavy atom. The summed E-state index contributed by atoms with van der Waals surface area (Å²) >= 11 is -2.12. The second-order valence-corrected chi connectivity index (χ2v) is 19.5. The van der Waals surface area contributed by atoms with Gasteiger partial charge in [0.05, 0.1) is 0 Å². The van der Waals surface area contributed by atoms with Crippen molar-refractivity contribution in [2.24, 2.45) is 0 Å². The molecule has 1 aromatic carbocycles. The molecule has 0 N–H and O–H groups in total. The third-order valence-electron chi connectivity index (χ3n) is 2.71. The van der Waals surface area contributed by atoms with Gasteiger partial charge in [-0.25, -0.2) is 0 Å². The standard InChI is InChI=1S/C9H7N4O.3CH3.Sn/c1-14-8-5-3-2-4-7(8)9-12-10-6-11-13-9;;;;/h3-6H,1H3;3*1H3;. The fraction of sp³-hybridized carbons (Fsp3) is 0.333. The van der Waals surface area contributed by atoms with E-state index in [4.69, 9.17) is 4.74 Å². The summed E-state index contributed by atoms with van der Waals surface area (Å²) in [5.74, 6) is 1.26. The fourth-order valence-corrected chi connectivity index (χ4v) is 4.97. The first kappa shape index (κ1) is 13.2. The Kier molecular flexibility index (Phi) is 3.79. The van der Waals surface area contributed by atoms with Crippen LogP contribution in [-0.4, -0.2) is 45.9 Å². The monoisotopic (exact) mass is 352 g/mol. The van der Waals surface area contributed by atoms with Crippen molar-refractivity contribution in [1.29, 1.82) is 0 Å². The third-order valence-corrected chi connectivity index (χ3v) is 8.55. The number of benzene rings is 1. The molecule has 0 aliphatic rings. The molecule has 5 nitrogen and oxygen atoms in total. The first-order valence-electron chi connectivity index (χ1n) is 5.71. The number of methoxy groups -OCH3 is 1. The average molecular weight is 351 g/mol. The molecular formula is C12H16N4OSn. The molecule has 0 bridgehead atoms. The zero-order valence-corrected chi connectivity index (χ0v) is 13.9. The Labute approximate surface area is 110 Å². The molecule has 0 unspecified atom stereocenters. The van der Waals surface area contributed by atoms with Crippen molar-refractivity contribution in [2.75, 3.05) is 7.11 Å². The quantitative estimate of drug-likeness (QED) is 0.785. The van der Waals surface area contributed by atoms with Crippen LogP contribution in [0.15, 0.2) is 24.5 Å². The molecule has 0 aliphatic carbocycles. The van der Waals surface area contributed by atoms with E-state index in [0.29, 0.717) is 5.82 Å². The van der Waals surface area contributed by atoms with Gasteiger partial charge >= 0.3 is 111 Å². The second kappa shape index (κ2) is 5.17. The minimum atomic E-state index is -2.12. The van der Waals surface area contributed by atoms with Crippen LogP contribution >= 0.6 is 0 Å². The Morgan fingerprint density at radius 3 is 2.28 bits per heavy atom. The fourth-order valence-electron chi connectivity index (χ4n) is 1.66. The first-order chi connectivity index (χ1) is 8.52. The topological polar surface area (TPSA) is 60.8 Å². The van der Waals surface area contributed by atoms with E-state index in [2.05, 4.69) is 47.3 Å². The Morgan fingerprint density at radius 2 is 1.72 bits per heavy atom. The number of hydrogen-bond donors (Lipinski definition) is 0. The number of ether oxygens (including phenoxy) is 1. The molecule has 0 spiro atoms. The average Bonchev–Trinajstić information content (AvgIpc) is 2.38. The summed E-state index contributed by atoms with van der Waals surface area (Å²) in [5, 5.41) is 15.5. The van der Waals surface area contributed by atoms with E-state index in [1.807, 2.05) is 6.07 Å². The van der Waals surface area contributed by atoms with E-state index >= 15 is 0 Å². The van der Waals surface area contributed by atoms with E-state index in [9.17, 15) is 0 Å². The van der Waals surface area contributed by atoms with E-state index in [1.54, 1.807) is 7.11 Å². The van der Waals surface area contributed by atoms with E-state index in [1.165, 1.54) is 9.91 Å². The van der Waals surface area contributed by atoms with Crippen LogP contribution in [0.3, 0.4) is 0 Å². The van der Waals surface area contributed by atoms with Crippen LogP contribution in [0.2, 0.25) is 14.8 Å². The molecule has 2 rings (SSSR count). The van der Waals surface area contributed by atoms with Crippen LogP contribution in [0.1, 0.15) is 0 Å². The summed E-state index contributed by atoms with van der Waals surface area (Å²) in [7, 11) is 1.64. The second-order valence-electron chi connectivity index (χ2n) is 5.04. The number of nitrogens with zero attached hydrogens (tertiary/aromatic N) is 4. The molecule has 94 valence electrons. The molecule has 0 aliphatic heterocycles. The van der Waals surface area contributed by atoms with Crippen LogP contribution in [0, 0.1) is 0 Å². The van der Waals surface area contributed by atoms with Crippen LogP contribution < -0.4 is 8.32 Å². The first-order valence-corrected chi connectivity index (χ1v) is 15.7. The maximum atomic E-state index is 5.36. The maximum absolute atomic E-state index is 5.36. The molecule has 0 saturated heterocycles. The van der Waals surface area contributed by atoms with Crippen LogP contribution in [0.4, 0.5) is 0 Å². The van der Waals surface area contributed by atoms with Gasteiger partial charge < -0.3 is 0 Å². The molecule has 0 radical (unpaired) electrons. The summed E-state index contributed by atoms with van der Waals surface area (Å²) in [6.45, 7) is 0. The van der Waals surface area contributed by atoms with Crippen molar-refractivity contribution in [3.8, 4) is 17.1 Å². The van der Waals surface area contributed by atoms with E-state index in [-0.39, 0.29) is 0 Å². The van der Waals surface area contributed by atoms with Gasteiger partial charge in [-0.1, -0.05) is 0 Å². The molecule has 0 amide bonds. The van der Waals surface area contributed by atoms with E-state index < -0.39 is 18.4 Å². The van der Waals surface area contributed by atoms with Crippen molar-refractivity contribution in [2.45, 2.75) is 14.8 Å². The predicted molar refractivity (Wildman–Crippen MR) is 72.6 cm³/mol. The minimum absolute atomic E-state index is 0.506. The SMILES string of the molecule is COc1cc[c]([Sn]([CH3])([CH3])[CH3])cc1-c1nncnn1. The molecule has 6 heteroatoms. The van der Waals surface area contributed by atoms with Crippen molar-refractivity contribution in [1.82, 2.24) is 20.4 Å². The number of rotatable bonds is 3. The Hall–Kier alpha value is -1.24. The summed E-state index contributed by atoms with van der Waals surface area (Å²) < 4.78 is 6.75. The molecule has 1 aromatic heterocycles. The molecule has 0 fully saturated rings. The summed E-state index contributed by atoms with van der Waals surface area (Å²) in [5.41, 5.74) is 0.863. The summed E-state index contributed by atoms with van der Waals surface area (Å²) in [6.07, 6.45) is 1.32. The zero-order chi connectivity index (χ0) is 13.2. The van der Waals surface area contributed by atoms with Crippen molar-refractivity contribution in [3.63, 3.8) is 0 Å². The summed E-state index contributed by atoms with van der Waals surface area (Å²) in [4.78, 5) is 7.09. The van der Waals surface area contributed by atoms with Gasteiger partial charge in [-0.05, 0) is 0 Å². The van der Waals surface area contributed by atoms with Crippen LogP contribution in [0.25, 0.3) is 11.4 Å². The third kappa shape index (κ3) is 2.77. The summed E-state index contributed by atoms with van der Waals surface area (Å²) in [6, 6.07) is 6.24. The van der Waals surface area contributed by atoms with Crippen molar-refractivity contribution >= 4 is 22.0 Å². The van der Waals surface area contributed by atoms with Gasteiger partial charge in [-0.3, -0.25) is 0 Å². The van der Waals surface area contributed by atoms with Gasteiger partial charge in [-0.2, -0.15) is 0 Å². The molecule has 2 aromatic rings. The molecule has 0 saturated carbocycles. The molecular weight excluding hydrogens is 335 g/mol. The molecule has 1 heterocycles. The van der Waals surface area contributed by atoms with Crippen LogP contribution in [0.5, 0.6) is 5.75 Å². The molecule has 0 atom stereocenters. The Bertz CT molecular complexity index is 540. The van der Waals surface area contributed by atoms with Crippen molar-refractivity contribution < 1.29 is 4.74 Å². The van der Waals surface area contributed by atoms with Gasteiger partial charge in [0.15, 0.2) is 0 Å². The van der Waals surface area contributed by atoms with Gasteiger partial charge in [0, 0.05) is 0 Å². The van der Waals surface area contributed by atoms with E-state index in [0.717, 1.165) is 11.3 Å². The predicted octanol–water partition coefficient (Wildman–Crippen LogP) is 1.49. The number of hydrogen-bond acceptors (Lipinski definition) is 5. The number of aromatic nitrogens is 4. The van der Waals surface area contributed by atoms with Gasteiger partial charge in [-0.15, -0.1) is 0 Å². The van der Waals surface area contributed by atoms with Gasteiger partial charge in [0.2, 0.25) is 0 Å². The van der Waals surface area contributed by atoms with Gasteiger partial charge in [0.1, 0.15) is 0 Å². The van der Waals surface area contributed by atoms with Crippen LogP contribution in [-0.2, 0) is 0 Å². The Balaban J connectivity index is 2.57. The molecule has 18 heavy (non-hydrogen) atoms. The zero-order valence-electron chi connectivity index (χ0n) is 11.0. The van der Waals surface area contributed by atoms with Crippen molar-refractivity contribution in [3.05, 3.63) is 24.5 Å². The van der Waals surface area contributed by atoms with Gasteiger partial charge in [0.25, 0.3) is 0 Å².